The molecular formula is C17H24ClFN2O. The maximum atomic E-state index is 13.8. The Bertz CT molecular complexity index is 515. The minimum absolute atomic E-state index is 0.0836. The lowest BCUT2D eigenvalue weighted by Gasteiger charge is -2.31. The molecule has 2 rings (SSSR count). The highest BCUT2D eigenvalue weighted by Crippen LogP contribution is 2.21. The highest BCUT2D eigenvalue weighted by molar-refractivity contribution is 6.30. The fraction of sp³-hybridized carbons (Fsp3) is 0.588. The first-order valence-corrected chi connectivity index (χ1v) is 8.34. The molecule has 0 spiro atoms. The molecule has 0 bridgehead atoms. The van der Waals surface area contributed by atoms with Crippen LogP contribution in [0.1, 0.15) is 38.7 Å². The number of likely N-dealkylation sites (tertiary alicyclic amines) is 1. The molecule has 0 unspecified atom stereocenters. The summed E-state index contributed by atoms with van der Waals surface area (Å²) in [5, 5.41) is 3.47. The van der Waals surface area contributed by atoms with Crippen molar-refractivity contribution in [2.75, 3.05) is 13.1 Å². The van der Waals surface area contributed by atoms with E-state index in [-0.39, 0.29) is 23.7 Å². The van der Waals surface area contributed by atoms with Crippen molar-refractivity contribution in [2.45, 2.75) is 45.7 Å². The van der Waals surface area contributed by atoms with Crippen molar-refractivity contribution < 1.29 is 9.18 Å². The molecule has 1 aliphatic heterocycles. The lowest BCUT2D eigenvalue weighted by Crippen LogP contribution is -2.42. The Morgan fingerprint density at radius 1 is 1.45 bits per heavy atom. The summed E-state index contributed by atoms with van der Waals surface area (Å²) in [5.41, 5.74) is 0.659. The van der Waals surface area contributed by atoms with E-state index >= 15 is 0 Å². The van der Waals surface area contributed by atoms with E-state index in [0.717, 1.165) is 32.4 Å². The molecule has 1 saturated heterocycles. The molecule has 1 N–H and O–H groups in total. The SMILES string of the molecule is CC[C@@H](C)NC(=O)C1CCN(Cc2ccc(Cl)cc2F)CC1. The molecule has 0 aliphatic carbocycles. The second-order valence-corrected chi connectivity index (χ2v) is 6.54. The molecule has 1 aliphatic rings. The highest BCUT2D eigenvalue weighted by atomic mass is 35.5. The van der Waals surface area contributed by atoms with Gasteiger partial charge in [-0.1, -0.05) is 24.6 Å². The van der Waals surface area contributed by atoms with Gasteiger partial charge in [0, 0.05) is 29.1 Å². The van der Waals surface area contributed by atoms with E-state index in [1.54, 1.807) is 12.1 Å². The Kier molecular flexibility index (Phi) is 6.21. The van der Waals surface area contributed by atoms with Crippen LogP contribution in [-0.4, -0.2) is 29.9 Å². The number of amides is 1. The molecule has 5 heteroatoms. The van der Waals surface area contributed by atoms with Crippen molar-refractivity contribution in [3.63, 3.8) is 0 Å². The zero-order valence-electron chi connectivity index (χ0n) is 13.2. The minimum atomic E-state index is -0.260. The smallest absolute Gasteiger partial charge is 0.223 e. The molecule has 1 heterocycles. The standard InChI is InChI=1S/C17H24ClFN2O/c1-3-12(2)20-17(22)13-6-8-21(9-7-13)11-14-4-5-15(18)10-16(14)19/h4-5,10,12-13H,3,6-9,11H2,1-2H3,(H,20,22)/t12-/m1/s1. The number of benzene rings is 1. The van der Waals surface area contributed by atoms with Crippen LogP contribution in [0.3, 0.4) is 0 Å². The van der Waals surface area contributed by atoms with Gasteiger partial charge in [0.15, 0.2) is 0 Å². The maximum absolute atomic E-state index is 13.8. The molecule has 3 nitrogen and oxygen atoms in total. The predicted molar refractivity (Wildman–Crippen MR) is 87.3 cm³/mol. The summed E-state index contributed by atoms with van der Waals surface area (Å²) < 4.78 is 13.8. The van der Waals surface area contributed by atoms with Crippen molar-refractivity contribution >= 4 is 17.5 Å². The van der Waals surface area contributed by atoms with Gasteiger partial charge in [0.05, 0.1) is 0 Å². The number of hydrogen-bond donors (Lipinski definition) is 1. The van der Waals surface area contributed by atoms with Crippen LogP contribution in [0.2, 0.25) is 5.02 Å². The van der Waals surface area contributed by atoms with E-state index < -0.39 is 0 Å². The van der Waals surface area contributed by atoms with Crippen molar-refractivity contribution in [1.29, 1.82) is 0 Å². The number of nitrogens with one attached hydrogen (secondary N) is 1. The number of nitrogens with zero attached hydrogens (tertiary/aromatic N) is 1. The van der Waals surface area contributed by atoms with E-state index in [4.69, 9.17) is 11.6 Å². The van der Waals surface area contributed by atoms with Gasteiger partial charge in [0.1, 0.15) is 5.82 Å². The van der Waals surface area contributed by atoms with Crippen LogP contribution < -0.4 is 5.32 Å². The first-order chi connectivity index (χ1) is 10.5. The molecule has 1 atom stereocenters. The molecule has 22 heavy (non-hydrogen) atoms. The fourth-order valence-electron chi connectivity index (χ4n) is 2.71. The maximum Gasteiger partial charge on any atom is 0.223 e. The van der Waals surface area contributed by atoms with E-state index in [0.29, 0.717) is 17.1 Å². The molecule has 122 valence electrons. The molecular weight excluding hydrogens is 303 g/mol. The van der Waals surface area contributed by atoms with Crippen molar-refractivity contribution in [2.24, 2.45) is 5.92 Å². The zero-order valence-corrected chi connectivity index (χ0v) is 14.0. The number of carbonyl (C=O) groups excluding carboxylic acids is 1. The van der Waals surface area contributed by atoms with Crippen LogP contribution >= 0.6 is 11.6 Å². The van der Waals surface area contributed by atoms with Gasteiger partial charge in [-0.25, -0.2) is 4.39 Å². The Morgan fingerprint density at radius 2 is 2.14 bits per heavy atom. The third kappa shape index (κ3) is 4.68. The normalized spacial score (nSPS) is 18.2. The van der Waals surface area contributed by atoms with Gasteiger partial charge >= 0.3 is 0 Å². The Balaban J connectivity index is 1.83. The van der Waals surface area contributed by atoms with Gasteiger partial charge in [0.2, 0.25) is 5.91 Å². The van der Waals surface area contributed by atoms with Crippen LogP contribution in [0.15, 0.2) is 18.2 Å². The van der Waals surface area contributed by atoms with Gasteiger partial charge in [-0.05, 0) is 51.4 Å². The Labute approximate surface area is 136 Å². The first kappa shape index (κ1) is 17.2. The summed E-state index contributed by atoms with van der Waals surface area (Å²) in [4.78, 5) is 14.3. The summed E-state index contributed by atoms with van der Waals surface area (Å²) in [6.45, 7) is 6.30. The largest absolute Gasteiger partial charge is 0.353 e. The zero-order chi connectivity index (χ0) is 16.1. The van der Waals surface area contributed by atoms with Crippen LogP contribution in [0.4, 0.5) is 4.39 Å². The Hall–Kier alpha value is -1.13. The van der Waals surface area contributed by atoms with E-state index in [9.17, 15) is 9.18 Å². The molecule has 0 saturated carbocycles. The van der Waals surface area contributed by atoms with Gasteiger partial charge in [-0.2, -0.15) is 0 Å². The summed E-state index contributed by atoms with van der Waals surface area (Å²) in [6.07, 6.45) is 2.61. The molecule has 0 radical (unpaired) electrons. The highest BCUT2D eigenvalue weighted by Gasteiger charge is 2.25. The molecule has 1 fully saturated rings. The van der Waals surface area contributed by atoms with Gasteiger partial charge in [0.25, 0.3) is 0 Å². The molecule has 1 aromatic carbocycles. The van der Waals surface area contributed by atoms with Gasteiger partial charge < -0.3 is 5.32 Å². The lowest BCUT2D eigenvalue weighted by molar-refractivity contribution is -0.127. The van der Waals surface area contributed by atoms with Crippen LogP contribution in [0.5, 0.6) is 0 Å². The lowest BCUT2D eigenvalue weighted by atomic mass is 9.95. The summed E-state index contributed by atoms with van der Waals surface area (Å²) in [7, 11) is 0. The number of hydrogen-bond acceptors (Lipinski definition) is 2. The third-order valence-corrected chi connectivity index (χ3v) is 4.60. The second-order valence-electron chi connectivity index (χ2n) is 6.10. The molecule has 0 aromatic heterocycles. The third-order valence-electron chi connectivity index (χ3n) is 4.37. The van der Waals surface area contributed by atoms with Gasteiger partial charge in [-0.15, -0.1) is 0 Å². The van der Waals surface area contributed by atoms with E-state index in [1.165, 1.54) is 6.07 Å². The molecule has 1 aromatic rings. The number of halogens is 2. The Morgan fingerprint density at radius 3 is 2.73 bits per heavy atom. The topological polar surface area (TPSA) is 32.3 Å². The minimum Gasteiger partial charge on any atom is -0.353 e. The average molecular weight is 327 g/mol. The predicted octanol–water partition coefficient (Wildman–Crippen LogP) is 3.61. The van der Waals surface area contributed by atoms with Crippen molar-refractivity contribution in [1.82, 2.24) is 10.2 Å². The number of rotatable bonds is 5. The molecule has 1 amide bonds. The summed E-state index contributed by atoms with van der Waals surface area (Å²) in [5.74, 6) is -0.0175. The van der Waals surface area contributed by atoms with Gasteiger partial charge in [-0.3, -0.25) is 9.69 Å². The summed E-state index contributed by atoms with van der Waals surface area (Å²) in [6, 6.07) is 5.03. The average Bonchev–Trinajstić information content (AvgIpc) is 2.50. The number of carbonyl (C=O) groups is 1. The monoisotopic (exact) mass is 326 g/mol. The number of piperidine rings is 1. The van der Waals surface area contributed by atoms with Crippen LogP contribution in [0, 0.1) is 11.7 Å². The van der Waals surface area contributed by atoms with E-state index in [2.05, 4.69) is 17.1 Å². The van der Waals surface area contributed by atoms with E-state index in [1.807, 2.05) is 6.92 Å². The van der Waals surface area contributed by atoms with Crippen molar-refractivity contribution in [3.05, 3.63) is 34.6 Å². The second kappa shape index (κ2) is 7.93. The fourth-order valence-corrected chi connectivity index (χ4v) is 2.87. The first-order valence-electron chi connectivity index (χ1n) is 7.96. The summed E-state index contributed by atoms with van der Waals surface area (Å²) >= 11 is 5.77. The quantitative estimate of drug-likeness (QED) is 0.896. The van der Waals surface area contributed by atoms with Crippen LogP contribution in [-0.2, 0) is 11.3 Å². The van der Waals surface area contributed by atoms with Crippen LogP contribution in [0.25, 0.3) is 0 Å². The van der Waals surface area contributed by atoms with Crippen molar-refractivity contribution in [3.8, 4) is 0 Å².